The summed E-state index contributed by atoms with van der Waals surface area (Å²) in [7, 11) is 0. The molecule has 5 nitrogen and oxygen atoms in total. The monoisotopic (exact) mass is 380 g/mol. The summed E-state index contributed by atoms with van der Waals surface area (Å²) in [6.45, 7) is -0.517. The third-order valence-electron chi connectivity index (χ3n) is 4.35. The van der Waals surface area contributed by atoms with Gasteiger partial charge in [-0.05, 0) is 43.9 Å². The minimum atomic E-state index is -4.59. The highest BCUT2D eigenvalue weighted by Crippen LogP contribution is 2.28. The number of carbonyl (C=O) groups is 1. The molecule has 0 radical (unpaired) electrons. The lowest BCUT2D eigenvalue weighted by molar-refractivity contribution is -0.138. The molecule has 0 bridgehead atoms. The number of hydrogen-bond donors (Lipinski definition) is 1. The maximum Gasteiger partial charge on any atom is 0.417 e. The molecule has 1 aliphatic rings. The number of alkyl halides is 3. The first kappa shape index (κ1) is 19.0. The van der Waals surface area contributed by atoms with E-state index in [0.717, 1.165) is 36.3 Å². The van der Waals surface area contributed by atoms with Crippen molar-refractivity contribution in [2.45, 2.75) is 44.5 Å². The topological polar surface area (TPSA) is 60.3 Å². The van der Waals surface area contributed by atoms with Crippen LogP contribution in [0.2, 0.25) is 0 Å². The van der Waals surface area contributed by atoms with Crippen molar-refractivity contribution < 1.29 is 22.7 Å². The van der Waals surface area contributed by atoms with Gasteiger partial charge in [-0.25, -0.2) is 0 Å². The van der Waals surface area contributed by atoms with Crippen LogP contribution in [0.1, 0.15) is 31.2 Å². The molecule has 1 amide bonds. The van der Waals surface area contributed by atoms with Gasteiger partial charge in [-0.1, -0.05) is 6.07 Å². The van der Waals surface area contributed by atoms with Crippen molar-refractivity contribution in [1.29, 1.82) is 0 Å². The van der Waals surface area contributed by atoms with E-state index in [2.05, 4.69) is 5.32 Å². The van der Waals surface area contributed by atoms with Crippen LogP contribution in [-0.4, -0.2) is 16.6 Å². The molecule has 27 heavy (non-hydrogen) atoms. The minimum Gasteiger partial charge on any atom is -0.490 e. The normalized spacial score (nSPS) is 14.9. The van der Waals surface area contributed by atoms with Gasteiger partial charge in [0.1, 0.15) is 12.3 Å². The average Bonchev–Trinajstić information content (AvgIpc) is 3.09. The summed E-state index contributed by atoms with van der Waals surface area (Å²) in [4.78, 5) is 23.9. The molecule has 0 aliphatic heterocycles. The molecule has 0 atom stereocenters. The molecule has 2 aromatic rings. The van der Waals surface area contributed by atoms with E-state index in [1.165, 1.54) is 0 Å². The van der Waals surface area contributed by atoms with Crippen LogP contribution < -0.4 is 15.6 Å². The Labute approximate surface area is 153 Å². The van der Waals surface area contributed by atoms with Crippen molar-refractivity contribution in [3.63, 3.8) is 0 Å². The predicted molar refractivity (Wildman–Crippen MR) is 93.7 cm³/mol. The van der Waals surface area contributed by atoms with Crippen LogP contribution >= 0.6 is 0 Å². The van der Waals surface area contributed by atoms with E-state index in [1.54, 1.807) is 24.3 Å². The lowest BCUT2D eigenvalue weighted by Gasteiger charge is -2.14. The number of carbonyl (C=O) groups excluding carboxylic acids is 1. The molecule has 3 rings (SSSR count). The lowest BCUT2D eigenvalue weighted by Crippen LogP contribution is -2.28. The van der Waals surface area contributed by atoms with Crippen LogP contribution in [0.15, 0.2) is 47.4 Å². The minimum absolute atomic E-state index is 0.166. The molecular formula is C19H19F3N2O3. The highest BCUT2D eigenvalue weighted by molar-refractivity contribution is 5.90. The highest BCUT2D eigenvalue weighted by Gasteiger charge is 2.31. The summed E-state index contributed by atoms with van der Waals surface area (Å²) in [5.74, 6) is 0.0189. The number of aromatic nitrogens is 1. The van der Waals surface area contributed by atoms with Gasteiger partial charge in [0.25, 0.3) is 5.56 Å². The first-order chi connectivity index (χ1) is 12.8. The number of pyridine rings is 1. The van der Waals surface area contributed by atoms with Gasteiger partial charge in [0.15, 0.2) is 0 Å². The van der Waals surface area contributed by atoms with E-state index in [9.17, 15) is 22.8 Å². The van der Waals surface area contributed by atoms with Gasteiger partial charge < -0.3 is 14.6 Å². The van der Waals surface area contributed by atoms with Gasteiger partial charge in [0.2, 0.25) is 5.91 Å². The Morgan fingerprint density at radius 1 is 1.19 bits per heavy atom. The second-order valence-electron chi connectivity index (χ2n) is 6.48. The third-order valence-corrected chi connectivity index (χ3v) is 4.35. The molecule has 0 spiro atoms. The Morgan fingerprint density at radius 2 is 1.93 bits per heavy atom. The summed E-state index contributed by atoms with van der Waals surface area (Å²) in [5.41, 5.74) is -1.21. The smallest absolute Gasteiger partial charge is 0.417 e. The summed E-state index contributed by atoms with van der Waals surface area (Å²) in [5, 5.41) is 2.58. The lowest BCUT2D eigenvalue weighted by atomic mass is 10.2. The van der Waals surface area contributed by atoms with Gasteiger partial charge >= 0.3 is 6.18 Å². The summed E-state index contributed by atoms with van der Waals surface area (Å²) in [6, 6.07) is 8.30. The number of anilines is 1. The second kappa shape index (κ2) is 7.85. The largest absolute Gasteiger partial charge is 0.490 e. The first-order valence-electron chi connectivity index (χ1n) is 8.65. The third kappa shape index (κ3) is 5.12. The molecule has 1 aromatic heterocycles. The SMILES string of the molecule is O=C(Cn1cc(C(F)(F)F)ccc1=O)Nc1cccc(OC2CCCC2)c1. The van der Waals surface area contributed by atoms with Crippen molar-refractivity contribution in [2.75, 3.05) is 5.32 Å². The summed E-state index contributed by atoms with van der Waals surface area (Å²) < 4.78 is 44.9. The van der Waals surface area contributed by atoms with Crippen LogP contribution in [0.4, 0.5) is 18.9 Å². The zero-order valence-corrected chi connectivity index (χ0v) is 14.5. The summed E-state index contributed by atoms with van der Waals surface area (Å²) in [6.07, 6.45) is 0.475. The number of hydrogen-bond acceptors (Lipinski definition) is 3. The summed E-state index contributed by atoms with van der Waals surface area (Å²) >= 11 is 0. The van der Waals surface area contributed by atoms with Gasteiger partial charge in [-0.3, -0.25) is 9.59 Å². The Morgan fingerprint density at radius 3 is 2.63 bits per heavy atom. The molecule has 0 saturated heterocycles. The van der Waals surface area contributed by atoms with Crippen molar-refractivity contribution in [3.8, 4) is 5.75 Å². The number of amides is 1. The highest BCUT2D eigenvalue weighted by atomic mass is 19.4. The van der Waals surface area contributed by atoms with Crippen molar-refractivity contribution in [2.24, 2.45) is 0 Å². The Hall–Kier alpha value is -2.77. The second-order valence-corrected chi connectivity index (χ2v) is 6.48. The molecule has 1 aromatic carbocycles. The molecule has 1 N–H and O–H groups in total. The van der Waals surface area contributed by atoms with Gasteiger partial charge in [0, 0.05) is 24.0 Å². The van der Waals surface area contributed by atoms with E-state index in [0.29, 0.717) is 23.7 Å². The van der Waals surface area contributed by atoms with Crippen LogP contribution in [0.3, 0.4) is 0 Å². The molecule has 144 valence electrons. The van der Waals surface area contributed by atoms with E-state index >= 15 is 0 Å². The number of rotatable bonds is 5. The van der Waals surface area contributed by atoms with Gasteiger partial charge in [-0.15, -0.1) is 0 Å². The van der Waals surface area contributed by atoms with E-state index in [1.807, 2.05) is 0 Å². The van der Waals surface area contributed by atoms with Gasteiger partial charge in [-0.2, -0.15) is 13.2 Å². The molecule has 1 aliphatic carbocycles. The standard InChI is InChI=1S/C19H19F3N2O3/c20-19(21,22)13-8-9-18(26)24(11-13)12-17(25)23-14-4-3-7-16(10-14)27-15-5-1-2-6-15/h3-4,7-11,15H,1-2,5-6,12H2,(H,23,25). The van der Waals surface area contributed by atoms with Crippen LogP contribution in [0.5, 0.6) is 5.75 Å². The van der Waals surface area contributed by atoms with Crippen molar-refractivity contribution in [3.05, 3.63) is 58.5 Å². The number of ether oxygens (including phenoxy) is 1. The van der Waals surface area contributed by atoms with Crippen molar-refractivity contribution in [1.82, 2.24) is 4.57 Å². The fraction of sp³-hybridized carbons (Fsp3) is 0.368. The van der Waals surface area contributed by atoms with Crippen LogP contribution in [0, 0.1) is 0 Å². The molecule has 8 heteroatoms. The fourth-order valence-corrected chi connectivity index (χ4v) is 3.02. The van der Waals surface area contributed by atoms with E-state index < -0.39 is 29.8 Å². The molecule has 0 unspecified atom stereocenters. The fourth-order valence-electron chi connectivity index (χ4n) is 3.02. The Kier molecular flexibility index (Phi) is 5.53. The Balaban J connectivity index is 1.66. The average molecular weight is 380 g/mol. The van der Waals surface area contributed by atoms with E-state index in [-0.39, 0.29) is 6.10 Å². The van der Waals surface area contributed by atoms with Gasteiger partial charge in [0.05, 0.1) is 11.7 Å². The maximum absolute atomic E-state index is 12.8. The van der Waals surface area contributed by atoms with Crippen LogP contribution in [0.25, 0.3) is 0 Å². The molecular weight excluding hydrogens is 361 g/mol. The molecule has 1 saturated carbocycles. The quantitative estimate of drug-likeness (QED) is 0.858. The predicted octanol–water partition coefficient (Wildman–Crippen LogP) is 3.83. The molecule has 1 heterocycles. The number of nitrogens with zero attached hydrogens (tertiary/aromatic N) is 1. The zero-order valence-electron chi connectivity index (χ0n) is 14.5. The zero-order chi connectivity index (χ0) is 19.4. The maximum atomic E-state index is 12.8. The number of benzene rings is 1. The molecule has 1 fully saturated rings. The first-order valence-corrected chi connectivity index (χ1v) is 8.65. The Bertz CT molecular complexity index is 871. The number of nitrogens with one attached hydrogen (secondary N) is 1. The van der Waals surface area contributed by atoms with Crippen molar-refractivity contribution >= 4 is 11.6 Å². The van der Waals surface area contributed by atoms with Crippen LogP contribution in [-0.2, 0) is 17.5 Å². The number of halogens is 3. The van der Waals surface area contributed by atoms with E-state index in [4.69, 9.17) is 4.74 Å².